The van der Waals surface area contributed by atoms with E-state index in [1.54, 1.807) is 48.5 Å². The van der Waals surface area contributed by atoms with Gasteiger partial charge in [0.1, 0.15) is 6.04 Å². The van der Waals surface area contributed by atoms with Crippen LogP contribution in [0.25, 0.3) is 0 Å². The number of hydrogen-bond acceptors (Lipinski definition) is 8. The van der Waals surface area contributed by atoms with Crippen molar-refractivity contribution in [3.8, 4) is 0 Å². The normalized spacial score (nSPS) is 21.6. The van der Waals surface area contributed by atoms with Gasteiger partial charge < -0.3 is 15.2 Å². The lowest BCUT2D eigenvalue weighted by molar-refractivity contribution is -0.141. The van der Waals surface area contributed by atoms with Crippen molar-refractivity contribution in [3.63, 3.8) is 0 Å². The molecule has 2 aromatic rings. The number of rotatable bonds is 11. The Kier molecular flexibility index (Phi) is 9.81. The largest absolute Gasteiger partial charge is 0.481 e. The number of aliphatic imine (C=N–C) groups is 1. The fourth-order valence-corrected chi connectivity index (χ4v) is 6.09. The molecule has 3 atom stereocenters. The Hall–Kier alpha value is -2.60. The second-order valence-electron chi connectivity index (χ2n) is 9.91. The number of carbonyl (C=O) groups is 2. The Balaban J connectivity index is 1.72. The number of aromatic nitrogens is 1. The summed E-state index contributed by atoms with van der Waals surface area (Å²) in [6.45, 7) is 2.88. The molecule has 2 aliphatic rings. The van der Waals surface area contributed by atoms with Crippen molar-refractivity contribution < 1.29 is 28.2 Å². The summed E-state index contributed by atoms with van der Waals surface area (Å²) in [5.74, 6) is -4.65. The van der Waals surface area contributed by atoms with Crippen LogP contribution in [-0.2, 0) is 14.3 Å². The van der Waals surface area contributed by atoms with E-state index in [2.05, 4.69) is 10.3 Å². The summed E-state index contributed by atoms with van der Waals surface area (Å²) < 4.78 is 34.8. The van der Waals surface area contributed by atoms with E-state index in [9.17, 15) is 23.5 Å². The number of esters is 1. The lowest BCUT2D eigenvalue weighted by atomic mass is 9.95. The number of aliphatic carboxylic acids is 1. The van der Waals surface area contributed by atoms with Gasteiger partial charge in [-0.2, -0.15) is 0 Å². The maximum atomic E-state index is 14.7. The van der Waals surface area contributed by atoms with Crippen LogP contribution in [0.1, 0.15) is 56.1 Å². The first-order chi connectivity index (χ1) is 19.0. The molecule has 1 aromatic carbocycles. The van der Waals surface area contributed by atoms with Crippen molar-refractivity contribution >= 4 is 52.3 Å². The smallest absolute Gasteiger partial charge is 0.338 e. The Morgan fingerprint density at radius 2 is 2.12 bits per heavy atom. The van der Waals surface area contributed by atoms with Gasteiger partial charge in [-0.1, -0.05) is 42.6 Å². The van der Waals surface area contributed by atoms with Gasteiger partial charge >= 0.3 is 11.9 Å². The molecule has 0 radical (unpaired) electrons. The molecular weight excluding hydrogens is 585 g/mol. The van der Waals surface area contributed by atoms with Crippen molar-refractivity contribution in [2.24, 2.45) is 10.9 Å². The number of carboxylic acids is 1. The average molecular weight is 616 g/mol. The maximum Gasteiger partial charge on any atom is 0.338 e. The second-order valence-corrected chi connectivity index (χ2v) is 11.6. The fourth-order valence-electron chi connectivity index (χ4n) is 4.99. The third-order valence-corrected chi connectivity index (χ3v) is 8.30. The van der Waals surface area contributed by atoms with E-state index in [1.807, 2.05) is 0 Å². The van der Waals surface area contributed by atoms with E-state index in [0.29, 0.717) is 51.4 Å². The van der Waals surface area contributed by atoms with Gasteiger partial charge in [-0.15, -0.1) is 11.3 Å². The van der Waals surface area contributed by atoms with Crippen LogP contribution in [0.3, 0.4) is 0 Å². The van der Waals surface area contributed by atoms with Crippen LogP contribution in [0.2, 0.25) is 10.0 Å². The zero-order valence-corrected chi connectivity index (χ0v) is 24.3. The number of alkyl halides is 2. The molecule has 0 amide bonds. The highest BCUT2D eigenvalue weighted by Crippen LogP contribution is 2.40. The first kappa shape index (κ1) is 30.4. The molecule has 1 unspecified atom stereocenters. The van der Waals surface area contributed by atoms with E-state index in [-0.39, 0.29) is 25.1 Å². The summed E-state index contributed by atoms with van der Waals surface area (Å²) in [4.78, 5) is 35.3. The Labute approximate surface area is 245 Å². The summed E-state index contributed by atoms with van der Waals surface area (Å²) in [7, 11) is 0. The Morgan fingerprint density at radius 1 is 1.35 bits per heavy atom. The van der Waals surface area contributed by atoms with Gasteiger partial charge in [0.15, 0.2) is 10.8 Å². The molecule has 4 rings (SSSR count). The van der Waals surface area contributed by atoms with Crippen LogP contribution in [0, 0.1) is 5.92 Å². The predicted molar refractivity (Wildman–Crippen MR) is 150 cm³/mol. The summed E-state index contributed by atoms with van der Waals surface area (Å²) in [6, 6.07) is 3.47. The highest BCUT2D eigenvalue weighted by molar-refractivity contribution is 7.11. The van der Waals surface area contributed by atoms with E-state index in [0.717, 1.165) is 0 Å². The number of carboxylic acid groups (broad SMARTS) is 1. The predicted octanol–water partition coefficient (Wildman–Crippen LogP) is 5.96. The molecule has 1 fully saturated rings. The topological polar surface area (TPSA) is 104 Å². The van der Waals surface area contributed by atoms with Gasteiger partial charge in [0, 0.05) is 51.9 Å². The highest BCUT2D eigenvalue weighted by atomic mass is 35.5. The van der Waals surface area contributed by atoms with Crippen LogP contribution in [0.4, 0.5) is 8.78 Å². The zero-order valence-electron chi connectivity index (χ0n) is 22.0. The van der Waals surface area contributed by atoms with Crippen molar-refractivity contribution in [2.45, 2.75) is 57.5 Å². The molecule has 8 nitrogen and oxygen atoms in total. The number of carbonyl (C=O) groups excluding carboxylic acids is 1. The number of likely N-dealkylation sites (tertiary alicyclic amines) is 1. The third-order valence-electron chi connectivity index (χ3n) is 6.96. The molecule has 2 N–H and O–H groups in total. The van der Waals surface area contributed by atoms with E-state index >= 15 is 0 Å². The molecule has 3 heterocycles. The molecule has 13 heteroatoms. The van der Waals surface area contributed by atoms with Gasteiger partial charge in [-0.25, -0.2) is 18.6 Å². The fraction of sp³-hybridized carbons (Fsp3) is 0.481. The maximum absolute atomic E-state index is 14.7. The molecule has 0 bridgehead atoms. The number of nitrogens with zero attached hydrogens (tertiary/aromatic N) is 3. The number of thiazole rings is 1. The van der Waals surface area contributed by atoms with Gasteiger partial charge in [0.05, 0.1) is 24.6 Å². The van der Waals surface area contributed by atoms with Crippen molar-refractivity contribution in [1.82, 2.24) is 15.2 Å². The lowest BCUT2D eigenvalue weighted by Crippen LogP contribution is -2.41. The Bertz CT molecular complexity index is 1310. The summed E-state index contributed by atoms with van der Waals surface area (Å²) in [5, 5.41) is 15.4. The molecule has 216 valence electrons. The first-order valence-electron chi connectivity index (χ1n) is 12.9. The standard InChI is InChI=1S/C27H30Cl2F2N4O4S/c1-3-39-26(38)21-20(13-35-14-27(30,31)12-17(35)6-4-5-15(2)25(36)37)33-23(24-32-9-10-40-24)34-22(21)18-8-7-16(28)11-19(18)29/h7-11,15,17,22H,3-6,12-14H2,1-2H3,(H,33,34)(H,36,37)/t15?,17-,22+/m1/s1. The highest BCUT2D eigenvalue weighted by Gasteiger charge is 2.45. The first-order valence-corrected chi connectivity index (χ1v) is 14.6. The van der Waals surface area contributed by atoms with Crippen LogP contribution in [0.5, 0.6) is 0 Å². The Morgan fingerprint density at radius 3 is 2.77 bits per heavy atom. The van der Waals surface area contributed by atoms with Crippen LogP contribution in [-0.4, -0.2) is 64.4 Å². The molecule has 1 aromatic heterocycles. The number of benzene rings is 1. The molecule has 2 aliphatic heterocycles. The average Bonchev–Trinajstić information content (AvgIpc) is 3.51. The second kappa shape index (κ2) is 12.9. The van der Waals surface area contributed by atoms with E-state index in [4.69, 9.17) is 32.9 Å². The molecule has 0 saturated carbocycles. The minimum atomic E-state index is -2.92. The SMILES string of the molecule is CCOC(=O)C1=C(CN2CC(F)(F)C[C@H]2CCCC(C)C(=O)O)NC(c2nccs2)=N[C@H]1c1ccc(Cl)cc1Cl. The molecule has 0 aliphatic carbocycles. The summed E-state index contributed by atoms with van der Waals surface area (Å²) in [5.41, 5.74) is 1.05. The van der Waals surface area contributed by atoms with Crippen LogP contribution in [0.15, 0.2) is 46.0 Å². The number of ether oxygens (including phenoxy) is 1. The van der Waals surface area contributed by atoms with Gasteiger partial charge in [0.2, 0.25) is 0 Å². The van der Waals surface area contributed by atoms with E-state index < -0.39 is 42.4 Å². The number of amidine groups is 1. The summed E-state index contributed by atoms with van der Waals surface area (Å²) in [6.07, 6.45) is 2.54. The molecule has 1 saturated heterocycles. The summed E-state index contributed by atoms with van der Waals surface area (Å²) >= 11 is 14.0. The van der Waals surface area contributed by atoms with Gasteiger partial charge in [-0.3, -0.25) is 14.7 Å². The number of hydrogen-bond donors (Lipinski definition) is 2. The molecular formula is C27H30Cl2F2N4O4S. The van der Waals surface area contributed by atoms with Crippen LogP contribution < -0.4 is 5.32 Å². The number of halogens is 4. The number of nitrogens with one attached hydrogen (secondary N) is 1. The van der Waals surface area contributed by atoms with E-state index in [1.165, 1.54) is 11.3 Å². The minimum absolute atomic E-state index is 0.00497. The van der Waals surface area contributed by atoms with Gasteiger partial charge in [0.25, 0.3) is 5.92 Å². The van der Waals surface area contributed by atoms with Crippen LogP contribution >= 0.6 is 34.5 Å². The van der Waals surface area contributed by atoms with Crippen molar-refractivity contribution in [1.29, 1.82) is 0 Å². The van der Waals surface area contributed by atoms with Crippen molar-refractivity contribution in [2.75, 3.05) is 19.7 Å². The zero-order chi connectivity index (χ0) is 29.0. The quantitative estimate of drug-likeness (QED) is 0.301. The molecule has 40 heavy (non-hydrogen) atoms. The minimum Gasteiger partial charge on any atom is -0.481 e. The third kappa shape index (κ3) is 7.18. The van der Waals surface area contributed by atoms with Gasteiger partial charge in [-0.05, 0) is 31.9 Å². The lowest BCUT2D eigenvalue weighted by Gasteiger charge is -2.31. The molecule has 0 spiro atoms. The van der Waals surface area contributed by atoms with Crippen molar-refractivity contribution in [3.05, 3.63) is 61.7 Å². The monoisotopic (exact) mass is 614 g/mol.